The van der Waals surface area contributed by atoms with Crippen LogP contribution in [0.3, 0.4) is 0 Å². The fourth-order valence-corrected chi connectivity index (χ4v) is 3.54. The molecule has 0 spiro atoms. The van der Waals surface area contributed by atoms with Crippen LogP contribution in [0.5, 0.6) is 0 Å². The molecule has 1 amide bonds. The largest absolute Gasteiger partial charge is 0.368 e. The lowest BCUT2D eigenvalue weighted by atomic mass is 10.1. The minimum absolute atomic E-state index is 0.0441. The molecule has 4 rings (SSSR count). The lowest BCUT2D eigenvalue weighted by molar-refractivity contribution is -0.134. The Hall–Kier alpha value is -3.19. The number of benzene rings is 2. The monoisotopic (exact) mass is 392 g/mol. The van der Waals surface area contributed by atoms with Crippen molar-refractivity contribution >= 4 is 5.91 Å². The molecular weight excluding hydrogens is 368 g/mol. The molecule has 29 heavy (non-hydrogen) atoms. The number of hydrogen-bond donors (Lipinski definition) is 0. The molecule has 1 aromatic heterocycles. The van der Waals surface area contributed by atoms with E-state index in [0.29, 0.717) is 32.1 Å². The molecule has 0 saturated heterocycles. The Morgan fingerprint density at radius 2 is 1.76 bits per heavy atom. The van der Waals surface area contributed by atoms with E-state index in [4.69, 9.17) is 4.74 Å². The number of rotatable bonds is 6. The molecule has 0 aliphatic carbocycles. The van der Waals surface area contributed by atoms with Gasteiger partial charge in [0.05, 0.1) is 26.1 Å². The van der Waals surface area contributed by atoms with Gasteiger partial charge in [0.2, 0.25) is 5.91 Å². The maximum atomic E-state index is 12.7. The maximum Gasteiger partial charge on any atom is 0.346 e. The lowest BCUT2D eigenvalue weighted by Gasteiger charge is -2.25. The van der Waals surface area contributed by atoms with Gasteiger partial charge < -0.3 is 9.64 Å². The summed E-state index contributed by atoms with van der Waals surface area (Å²) in [7, 11) is 1.78. The quantitative estimate of drug-likeness (QED) is 0.645. The van der Waals surface area contributed by atoms with Crippen molar-refractivity contribution in [3.8, 4) is 0 Å². The van der Waals surface area contributed by atoms with E-state index in [1.165, 1.54) is 4.68 Å². The topological polar surface area (TPSA) is 69.4 Å². The SMILES string of the molecule is CN(Cc1ccccc1)C(=O)CC1OCCn2c1nn(Cc1ccccc1)c2=O. The van der Waals surface area contributed by atoms with Crippen LogP contribution < -0.4 is 5.69 Å². The molecule has 1 unspecified atom stereocenters. The first-order valence-electron chi connectivity index (χ1n) is 9.73. The van der Waals surface area contributed by atoms with E-state index in [9.17, 15) is 9.59 Å². The highest BCUT2D eigenvalue weighted by molar-refractivity contribution is 5.76. The van der Waals surface area contributed by atoms with Crippen LogP contribution in [0.15, 0.2) is 65.5 Å². The summed E-state index contributed by atoms with van der Waals surface area (Å²) < 4.78 is 8.89. The molecule has 7 nitrogen and oxygen atoms in total. The second kappa shape index (κ2) is 8.45. The van der Waals surface area contributed by atoms with Gasteiger partial charge >= 0.3 is 5.69 Å². The van der Waals surface area contributed by atoms with Gasteiger partial charge in [-0.15, -0.1) is 0 Å². The molecule has 1 atom stereocenters. The number of nitrogens with zero attached hydrogens (tertiary/aromatic N) is 4. The number of hydrogen-bond acceptors (Lipinski definition) is 4. The zero-order valence-electron chi connectivity index (χ0n) is 16.4. The van der Waals surface area contributed by atoms with E-state index in [2.05, 4.69) is 5.10 Å². The van der Waals surface area contributed by atoms with Crippen molar-refractivity contribution in [2.75, 3.05) is 13.7 Å². The summed E-state index contributed by atoms with van der Waals surface area (Å²) in [5, 5.41) is 4.49. The Bertz CT molecular complexity index is 1030. The van der Waals surface area contributed by atoms with Crippen molar-refractivity contribution in [3.63, 3.8) is 0 Å². The molecule has 1 aliphatic heterocycles. The molecule has 2 aromatic carbocycles. The van der Waals surface area contributed by atoms with Crippen LogP contribution in [0.4, 0.5) is 0 Å². The van der Waals surface area contributed by atoms with Crippen LogP contribution in [0.1, 0.15) is 29.5 Å². The molecule has 3 aromatic rings. The molecule has 7 heteroatoms. The zero-order chi connectivity index (χ0) is 20.2. The van der Waals surface area contributed by atoms with Crippen molar-refractivity contribution in [1.29, 1.82) is 0 Å². The second-order valence-electron chi connectivity index (χ2n) is 7.23. The molecule has 1 aliphatic rings. The molecular formula is C22H24N4O3. The van der Waals surface area contributed by atoms with Crippen LogP contribution in [0, 0.1) is 0 Å². The van der Waals surface area contributed by atoms with Crippen molar-refractivity contribution < 1.29 is 9.53 Å². The normalized spacial score (nSPS) is 15.7. The smallest absolute Gasteiger partial charge is 0.346 e. The van der Waals surface area contributed by atoms with E-state index in [1.54, 1.807) is 16.5 Å². The molecule has 150 valence electrons. The van der Waals surface area contributed by atoms with Crippen LogP contribution in [0.25, 0.3) is 0 Å². The minimum Gasteiger partial charge on any atom is -0.368 e. The van der Waals surface area contributed by atoms with Gasteiger partial charge in [-0.3, -0.25) is 9.36 Å². The van der Waals surface area contributed by atoms with Gasteiger partial charge in [-0.2, -0.15) is 5.10 Å². The highest BCUT2D eigenvalue weighted by Gasteiger charge is 2.29. The third kappa shape index (κ3) is 4.30. The highest BCUT2D eigenvalue weighted by Crippen LogP contribution is 2.23. The summed E-state index contributed by atoms with van der Waals surface area (Å²) >= 11 is 0. The van der Waals surface area contributed by atoms with Gasteiger partial charge in [-0.25, -0.2) is 9.48 Å². The van der Waals surface area contributed by atoms with E-state index >= 15 is 0 Å². The minimum atomic E-state index is -0.515. The van der Waals surface area contributed by atoms with Gasteiger partial charge in [0.15, 0.2) is 5.82 Å². The molecule has 0 bridgehead atoms. The van der Waals surface area contributed by atoms with Crippen LogP contribution in [-0.2, 0) is 29.2 Å². The Kier molecular flexibility index (Phi) is 5.57. The Morgan fingerprint density at radius 1 is 1.10 bits per heavy atom. The summed E-state index contributed by atoms with van der Waals surface area (Å²) in [5.74, 6) is 0.482. The Morgan fingerprint density at radius 3 is 2.45 bits per heavy atom. The average Bonchev–Trinajstić information content (AvgIpc) is 3.06. The van der Waals surface area contributed by atoms with E-state index in [0.717, 1.165) is 11.1 Å². The Labute approximate surface area is 169 Å². The second-order valence-corrected chi connectivity index (χ2v) is 7.23. The first kappa shape index (κ1) is 19.1. The van der Waals surface area contributed by atoms with Gasteiger partial charge in [-0.1, -0.05) is 60.7 Å². The standard InChI is InChI=1S/C22H24N4O3/c1-24(15-17-8-4-2-5-9-17)20(27)14-19-21-23-26(16-18-10-6-3-7-11-18)22(28)25(21)12-13-29-19/h2-11,19H,12-16H2,1H3. The van der Waals surface area contributed by atoms with Gasteiger partial charge in [0.25, 0.3) is 0 Å². The molecule has 0 radical (unpaired) electrons. The third-order valence-electron chi connectivity index (χ3n) is 5.10. The highest BCUT2D eigenvalue weighted by atomic mass is 16.5. The predicted molar refractivity (Wildman–Crippen MR) is 108 cm³/mol. The van der Waals surface area contributed by atoms with Crippen molar-refractivity contribution in [1.82, 2.24) is 19.2 Å². The predicted octanol–water partition coefficient (Wildman–Crippen LogP) is 2.21. The first-order valence-corrected chi connectivity index (χ1v) is 9.73. The number of carbonyl (C=O) groups is 1. The number of aromatic nitrogens is 3. The number of fused-ring (bicyclic) bond motifs is 1. The lowest BCUT2D eigenvalue weighted by Crippen LogP contribution is -2.33. The molecule has 0 fully saturated rings. The third-order valence-corrected chi connectivity index (χ3v) is 5.10. The van der Waals surface area contributed by atoms with E-state index < -0.39 is 6.10 Å². The summed E-state index contributed by atoms with van der Waals surface area (Å²) in [6.45, 7) is 1.77. The van der Waals surface area contributed by atoms with Gasteiger partial charge in [0.1, 0.15) is 6.10 Å². The fraction of sp³-hybridized carbons (Fsp3) is 0.318. The van der Waals surface area contributed by atoms with Gasteiger partial charge in [-0.05, 0) is 11.1 Å². The average molecular weight is 392 g/mol. The maximum absolute atomic E-state index is 12.7. The van der Waals surface area contributed by atoms with E-state index in [-0.39, 0.29) is 18.0 Å². The van der Waals surface area contributed by atoms with Crippen molar-refractivity contribution in [2.24, 2.45) is 0 Å². The number of carbonyl (C=O) groups excluding carboxylic acids is 1. The zero-order valence-corrected chi connectivity index (χ0v) is 16.4. The molecule has 0 N–H and O–H groups in total. The van der Waals surface area contributed by atoms with Crippen molar-refractivity contribution in [3.05, 3.63) is 88.1 Å². The van der Waals surface area contributed by atoms with Gasteiger partial charge in [0, 0.05) is 13.6 Å². The molecule has 0 saturated carbocycles. The summed E-state index contributed by atoms with van der Waals surface area (Å²) in [6.07, 6.45) is -0.357. The Balaban J connectivity index is 1.48. The number of amides is 1. The van der Waals surface area contributed by atoms with E-state index in [1.807, 2.05) is 60.7 Å². The number of ether oxygens (including phenoxy) is 1. The summed E-state index contributed by atoms with van der Waals surface area (Å²) in [6, 6.07) is 19.6. The summed E-state index contributed by atoms with van der Waals surface area (Å²) in [4.78, 5) is 27.1. The van der Waals surface area contributed by atoms with Crippen LogP contribution in [-0.4, -0.2) is 38.8 Å². The summed E-state index contributed by atoms with van der Waals surface area (Å²) in [5.41, 5.74) is 1.90. The van der Waals surface area contributed by atoms with Crippen molar-refractivity contribution in [2.45, 2.75) is 32.2 Å². The van der Waals surface area contributed by atoms with Crippen LogP contribution >= 0.6 is 0 Å². The first-order chi connectivity index (χ1) is 14.1. The molecule has 2 heterocycles. The van der Waals surface area contributed by atoms with Crippen LogP contribution in [0.2, 0.25) is 0 Å². The fourth-order valence-electron chi connectivity index (χ4n) is 3.54.